The van der Waals surface area contributed by atoms with E-state index in [9.17, 15) is 4.79 Å². The SMILES string of the molecule is Cc1cc(OCc2cc(-c3ccco3)on2)c(C(=O)O)s1. The van der Waals surface area contributed by atoms with E-state index in [0.717, 1.165) is 4.88 Å². The second-order valence-electron chi connectivity index (χ2n) is 4.30. The number of ether oxygens (including phenoxy) is 1. The van der Waals surface area contributed by atoms with Crippen LogP contribution in [0.3, 0.4) is 0 Å². The summed E-state index contributed by atoms with van der Waals surface area (Å²) in [7, 11) is 0. The van der Waals surface area contributed by atoms with Crippen LogP contribution >= 0.6 is 11.3 Å². The fourth-order valence-corrected chi connectivity index (χ4v) is 2.61. The number of aromatic carboxylic acids is 1. The Morgan fingerprint density at radius 2 is 2.29 bits per heavy atom. The van der Waals surface area contributed by atoms with Gasteiger partial charge < -0.3 is 18.8 Å². The molecule has 7 heteroatoms. The number of furan rings is 1. The third kappa shape index (κ3) is 2.82. The number of carboxylic acid groups (broad SMARTS) is 1. The minimum atomic E-state index is -1.00. The Balaban J connectivity index is 1.72. The van der Waals surface area contributed by atoms with Crippen LogP contribution in [0.1, 0.15) is 20.2 Å². The van der Waals surface area contributed by atoms with E-state index in [-0.39, 0.29) is 11.5 Å². The fourth-order valence-electron chi connectivity index (χ4n) is 1.81. The van der Waals surface area contributed by atoms with Crippen molar-refractivity contribution >= 4 is 17.3 Å². The standard InChI is InChI=1S/C14H11NO5S/c1-8-5-12(13(21-8)14(16)17)19-7-9-6-11(20-15-9)10-3-2-4-18-10/h2-6H,7H2,1H3,(H,16,17). The molecule has 0 aliphatic heterocycles. The van der Waals surface area contributed by atoms with Gasteiger partial charge in [0.2, 0.25) is 5.76 Å². The zero-order chi connectivity index (χ0) is 14.8. The number of thiophene rings is 1. The molecule has 0 aliphatic carbocycles. The van der Waals surface area contributed by atoms with Crippen LogP contribution in [0.15, 0.2) is 39.5 Å². The summed E-state index contributed by atoms with van der Waals surface area (Å²) < 4.78 is 15.9. The highest BCUT2D eigenvalue weighted by atomic mass is 32.1. The Kier molecular flexibility index (Phi) is 3.49. The summed E-state index contributed by atoms with van der Waals surface area (Å²) in [6.45, 7) is 1.95. The molecule has 0 saturated heterocycles. The largest absolute Gasteiger partial charge is 0.485 e. The molecule has 1 N–H and O–H groups in total. The van der Waals surface area contributed by atoms with Crippen molar-refractivity contribution in [2.45, 2.75) is 13.5 Å². The molecule has 0 aliphatic rings. The van der Waals surface area contributed by atoms with Gasteiger partial charge in [-0.05, 0) is 25.1 Å². The van der Waals surface area contributed by atoms with E-state index in [1.54, 1.807) is 30.5 Å². The molecule has 0 amide bonds. The maximum Gasteiger partial charge on any atom is 0.349 e. The topological polar surface area (TPSA) is 85.7 Å². The number of aromatic nitrogens is 1. The number of carboxylic acids is 1. The molecule has 0 unspecified atom stereocenters. The molecule has 6 nitrogen and oxygen atoms in total. The smallest absolute Gasteiger partial charge is 0.349 e. The zero-order valence-corrected chi connectivity index (χ0v) is 11.8. The molecule has 0 fully saturated rings. The number of hydrogen-bond donors (Lipinski definition) is 1. The van der Waals surface area contributed by atoms with E-state index >= 15 is 0 Å². The minimum absolute atomic E-state index is 0.126. The van der Waals surface area contributed by atoms with Crippen molar-refractivity contribution in [2.24, 2.45) is 0 Å². The van der Waals surface area contributed by atoms with E-state index in [4.69, 9.17) is 18.8 Å². The molecular weight excluding hydrogens is 294 g/mol. The lowest BCUT2D eigenvalue weighted by atomic mass is 10.3. The van der Waals surface area contributed by atoms with Crippen LogP contribution in [0.4, 0.5) is 0 Å². The molecule has 3 aromatic rings. The lowest BCUT2D eigenvalue weighted by molar-refractivity contribution is 0.0697. The minimum Gasteiger partial charge on any atom is -0.485 e. The summed E-state index contributed by atoms with van der Waals surface area (Å²) in [5, 5.41) is 13.0. The Morgan fingerprint density at radius 1 is 1.43 bits per heavy atom. The average Bonchev–Trinajstić information content (AvgIpc) is 3.16. The van der Waals surface area contributed by atoms with Gasteiger partial charge in [0.15, 0.2) is 10.6 Å². The number of hydrogen-bond acceptors (Lipinski definition) is 6. The van der Waals surface area contributed by atoms with Gasteiger partial charge in [0, 0.05) is 10.9 Å². The zero-order valence-electron chi connectivity index (χ0n) is 11.0. The van der Waals surface area contributed by atoms with Gasteiger partial charge in [-0.15, -0.1) is 11.3 Å². The molecule has 108 valence electrons. The molecular formula is C14H11NO5S. The lowest BCUT2D eigenvalue weighted by Crippen LogP contribution is -2.00. The first-order chi connectivity index (χ1) is 10.1. The Labute approximate surface area is 123 Å². The molecule has 0 atom stereocenters. The number of aryl methyl sites for hydroxylation is 1. The van der Waals surface area contributed by atoms with Crippen molar-refractivity contribution in [2.75, 3.05) is 0 Å². The van der Waals surface area contributed by atoms with Crippen LogP contribution in [0.5, 0.6) is 5.75 Å². The van der Waals surface area contributed by atoms with Gasteiger partial charge in [0.25, 0.3) is 0 Å². The summed E-state index contributed by atoms with van der Waals surface area (Å²) in [5.74, 6) is 0.414. The quantitative estimate of drug-likeness (QED) is 0.775. The van der Waals surface area contributed by atoms with Crippen LogP contribution in [-0.2, 0) is 6.61 Å². The number of rotatable bonds is 5. The number of nitrogens with zero attached hydrogens (tertiary/aromatic N) is 1. The summed E-state index contributed by atoms with van der Waals surface area (Å²) in [4.78, 5) is 12.1. The van der Waals surface area contributed by atoms with Gasteiger partial charge in [-0.2, -0.15) is 0 Å². The summed E-state index contributed by atoms with van der Waals surface area (Å²) in [6, 6.07) is 6.90. The molecule has 0 aromatic carbocycles. The molecule has 3 rings (SSSR count). The molecule has 0 saturated carbocycles. The van der Waals surface area contributed by atoms with Crippen molar-refractivity contribution in [3.63, 3.8) is 0 Å². The molecule has 3 aromatic heterocycles. The first-order valence-electron chi connectivity index (χ1n) is 6.09. The summed E-state index contributed by atoms with van der Waals surface area (Å²) in [5.41, 5.74) is 0.557. The first-order valence-corrected chi connectivity index (χ1v) is 6.91. The average molecular weight is 305 g/mol. The van der Waals surface area contributed by atoms with Gasteiger partial charge in [-0.1, -0.05) is 5.16 Å². The molecule has 0 spiro atoms. The predicted octanol–water partition coefficient (Wildman–Crippen LogP) is 3.58. The predicted molar refractivity (Wildman–Crippen MR) is 74.6 cm³/mol. The van der Waals surface area contributed by atoms with E-state index < -0.39 is 5.97 Å². The molecule has 3 heterocycles. The maximum atomic E-state index is 11.1. The molecule has 0 bridgehead atoms. The van der Waals surface area contributed by atoms with Crippen LogP contribution in [0.2, 0.25) is 0 Å². The van der Waals surface area contributed by atoms with Crippen LogP contribution in [-0.4, -0.2) is 16.2 Å². The normalized spacial score (nSPS) is 10.7. The molecule has 0 radical (unpaired) electrons. The van der Waals surface area contributed by atoms with E-state index in [0.29, 0.717) is 23.0 Å². The second kappa shape index (κ2) is 5.45. The highest BCUT2D eigenvalue weighted by Crippen LogP contribution is 2.29. The van der Waals surface area contributed by atoms with Gasteiger partial charge in [-0.3, -0.25) is 0 Å². The maximum absolute atomic E-state index is 11.1. The van der Waals surface area contributed by atoms with Crippen molar-refractivity contribution in [3.05, 3.63) is 46.0 Å². The van der Waals surface area contributed by atoms with Gasteiger partial charge >= 0.3 is 5.97 Å². The van der Waals surface area contributed by atoms with Crippen LogP contribution in [0, 0.1) is 6.92 Å². The van der Waals surface area contributed by atoms with Crippen molar-refractivity contribution in [3.8, 4) is 17.3 Å². The highest BCUT2D eigenvalue weighted by Gasteiger charge is 2.16. The van der Waals surface area contributed by atoms with Crippen molar-refractivity contribution < 1.29 is 23.6 Å². The third-order valence-electron chi connectivity index (χ3n) is 2.71. The van der Waals surface area contributed by atoms with Gasteiger partial charge in [0.1, 0.15) is 18.1 Å². The van der Waals surface area contributed by atoms with E-state index in [2.05, 4.69) is 5.16 Å². The van der Waals surface area contributed by atoms with Crippen LogP contribution in [0.25, 0.3) is 11.5 Å². The van der Waals surface area contributed by atoms with Crippen molar-refractivity contribution in [1.29, 1.82) is 0 Å². The Bertz CT molecular complexity index is 756. The second-order valence-corrected chi connectivity index (χ2v) is 5.56. The molecule has 21 heavy (non-hydrogen) atoms. The first kappa shape index (κ1) is 13.4. The van der Waals surface area contributed by atoms with Gasteiger partial charge in [0.05, 0.1) is 6.26 Å². The number of carbonyl (C=O) groups is 1. The van der Waals surface area contributed by atoms with Gasteiger partial charge in [-0.25, -0.2) is 4.79 Å². The third-order valence-corrected chi connectivity index (χ3v) is 3.73. The monoisotopic (exact) mass is 305 g/mol. The Hall–Kier alpha value is -2.54. The van der Waals surface area contributed by atoms with Crippen molar-refractivity contribution in [1.82, 2.24) is 5.16 Å². The Morgan fingerprint density at radius 3 is 3.00 bits per heavy atom. The van der Waals surface area contributed by atoms with E-state index in [1.165, 1.54) is 11.3 Å². The summed E-state index contributed by atoms with van der Waals surface area (Å²) >= 11 is 1.18. The fraction of sp³-hybridized carbons (Fsp3) is 0.143. The van der Waals surface area contributed by atoms with E-state index in [1.807, 2.05) is 6.92 Å². The van der Waals surface area contributed by atoms with Crippen LogP contribution < -0.4 is 4.74 Å². The highest BCUT2D eigenvalue weighted by molar-refractivity contribution is 7.14. The summed E-state index contributed by atoms with van der Waals surface area (Å²) in [6.07, 6.45) is 1.54. The lowest BCUT2D eigenvalue weighted by Gasteiger charge is -2.01.